The van der Waals surface area contributed by atoms with Crippen LogP contribution in [-0.2, 0) is 14.4 Å². The Morgan fingerprint density at radius 3 is 2.43 bits per heavy atom. The summed E-state index contributed by atoms with van der Waals surface area (Å²) >= 11 is 0. The zero-order valence-corrected chi connectivity index (χ0v) is 13.2. The predicted octanol–water partition coefficient (Wildman–Crippen LogP) is 1.22. The van der Waals surface area contributed by atoms with Crippen LogP contribution in [0, 0.1) is 5.92 Å². The summed E-state index contributed by atoms with van der Waals surface area (Å²) in [5.41, 5.74) is 0.832. The molecule has 1 aliphatic rings. The first-order valence-corrected chi connectivity index (χ1v) is 7.04. The van der Waals surface area contributed by atoms with Crippen LogP contribution in [0.3, 0.4) is 0 Å². The molecular weight excluding hydrogens is 270 g/mol. The minimum Gasteiger partial charge on any atom is -0.372 e. The molecule has 1 rings (SSSR count). The fourth-order valence-corrected chi connectivity index (χ4v) is 2.38. The fraction of sp³-hybridized carbons (Fsp3) is 0.600. The summed E-state index contributed by atoms with van der Waals surface area (Å²) < 4.78 is 0. The number of aliphatic imine (C=N–C) groups is 1. The predicted molar refractivity (Wildman–Crippen MR) is 80.7 cm³/mol. The van der Waals surface area contributed by atoms with Crippen molar-refractivity contribution in [2.24, 2.45) is 10.9 Å². The molecule has 1 aliphatic heterocycles. The number of amides is 2. The molecule has 116 valence electrons. The van der Waals surface area contributed by atoms with Crippen molar-refractivity contribution in [2.45, 2.75) is 33.1 Å². The van der Waals surface area contributed by atoms with Crippen LogP contribution in [-0.4, -0.2) is 54.8 Å². The number of rotatable bonds is 7. The molecule has 1 heterocycles. The Bertz CT molecular complexity index is 494. The van der Waals surface area contributed by atoms with Gasteiger partial charge in [0.2, 0.25) is 5.91 Å². The Labute approximate surface area is 125 Å². The van der Waals surface area contributed by atoms with Crippen LogP contribution in [0.2, 0.25) is 0 Å². The van der Waals surface area contributed by atoms with E-state index in [0.29, 0.717) is 37.2 Å². The third kappa shape index (κ3) is 3.77. The second-order valence-electron chi connectivity index (χ2n) is 5.46. The average Bonchev–Trinajstić information content (AvgIpc) is 2.40. The molecule has 0 aromatic rings. The molecule has 0 radical (unpaired) electrons. The van der Waals surface area contributed by atoms with E-state index in [4.69, 9.17) is 0 Å². The van der Waals surface area contributed by atoms with Crippen LogP contribution in [0.5, 0.6) is 0 Å². The van der Waals surface area contributed by atoms with E-state index in [2.05, 4.69) is 11.7 Å². The number of likely N-dealkylation sites (N-methyl/N-ethyl adjacent to an activating group) is 1. The molecular formula is C15H23N3O3. The lowest BCUT2D eigenvalue weighted by Gasteiger charge is -2.33. The van der Waals surface area contributed by atoms with Gasteiger partial charge in [-0.3, -0.25) is 19.5 Å². The van der Waals surface area contributed by atoms with Crippen molar-refractivity contribution in [1.29, 1.82) is 0 Å². The number of hydrogen-bond donors (Lipinski definition) is 0. The molecule has 1 unspecified atom stereocenters. The quantitative estimate of drug-likeness (QED) is 0.402. The molecule has 6 heteroatoms. The van der Waals surface area contributed by atoms with Crippen molar-refractivity contribution in [3.8, 4) is 0 Å². The smallest absolute Gasteiger partial charge is 0.278 e. The number of ketones is 1. The first-order chi connectivity index (χ1) is 9.81. The van der Waals surface area contributed by atoms with Gasteiger partial charge in [0.25, 0.3) is 5.91 Å². The highest BCUT2D eigenvalue weighted by atomic mass is 16.2. The molecule has 0 saturated heterocycles. The molecule has 21 heavy (non-hydrogen) atoms. The molecule has 0 saturated carbocycles. The highest BCUT2D eigenvalue weighted by molar-refractivity contribution is 6.09. The monoisotopic (exact) mass is 293 g/mol. The first-order valence-electron chi connectivity index (χ1n) is 7.04. The van der Waals surface area contributed by atoms with E-state index in [1.165, 1.54) is 11.8 Å². The van der Waals surface area contributed by atoms with Crippen molar-refractivity contribution in [2.75, 3.05) is 20.6 Å². The Morgan fingerprint density at radius 1 is 1.33 bits per heavy atom. The lowest BCUT2D eigenvalue weighted by atomic mass is 9.98. The van der Waals surface area contributed by atoms with Gasteiger partial charge >= 0.3 is 0 Å². The van der Waals surface area contributed by atoms with Crippen molar-refractivity contribution in [3.63, 3.8) is 0 Å². The second kappa shape index (κ2) is 7.15. The molecule has 2 amide bonds. The Hall–Kier alpha value is -1.98. The molecule has 0 aromatic heterocycles. The van der Waals surface area contributed by atoms with E-state index < -0.39 is 5.92 Å². The second-order valence-corrected chi connectivity index (χ2v) is 5.46. The van der Waals surface area contributed by atoms with Gasteiger partial charge in [0.05, 0.1) is 11.6 Å². The molecule has 0 N–H and O–H groups in total. The van der Waals surface area contributed by atoms with Gasteiger partial charge in [0.1, 0.15) is 11.5 Å². The average molecular weight is 293 g/mol. The van der Waals surface area contributed by atoms with Crippen LogP contribution >= 0.6 is 0 Å². The van der Waals surface area contributed by atoms with Crippen molar-refractivity contribution >= 4 is 24.3 Å². The maximum Gasteiger partial charge on any atom is 0.278 e. The maximum atomic E-state index is 12.5. The highest BCUT2D eigenvalue weighted by Crippen LogP contribution is 2.27. The number of imide groups is 1. The number of nitrogens with zero attached hydrogens (tertiary/aromatic N) is 3. The zero-order chi connectivity index (χ0) is 16.2. The van der Waals surface area contributed by atoms with Gasteiger partial charge in [-0.15, -0.1) is 0 Å². The number of hydrogen-bond acceptors (Lipinski definition) is 5. The lowest BCUT2D eigenvalue weighted by Crippen LogP contribution is -2.48. The summed E-state index contributed by atoms with van der Waals surface area (Å²) in [6.07, 6.45) is 1.78. The van der Waals surface area contributed by atoms with E-state index >= 15 is 0 Å². The normalized spacial score (nSPS) is 19.0. The maximum absolute atomic E-state index is 12.5. The third-order valence-electron chi connectivity index (χ3n) is 3.52. The first kappa shape index (κ1) is 17.1. The Morgan fingerprint density at radius 2 is 1.95 bits per heavy atom. The Balaban J connectivity index is 2.90. The largest absolute Gasteiger partial charge is 0.372 e. The highest BCUT2D eigenvalue weighted by Gasteiger charge is 2.38. The summed E-state index contributed by atoms with van der Waals surface area (Å²) in [6, 6.07) is 0. The number of carbonyl (C=O) groups excluding carboxylic acids is 3. The van der Waals surface area contributed by atoms with Crippen molar-refractivity contribution < 1.29 is 14.4 Å². The molecule has 6 nitrogen and oxygen atoms in total. The minimum absolute atomic E-state index is 0.117. The van der Waals surface area contributed by atoms with E-state index in [0.717, 1.165) is 0 Å². The van der Waals surface area contributed by atoms with Crippen LogP contribution in [0.15, 0.2) is 16.4 Å². The summed E-state index contributed by atoms with van der Waals surface area (Å²) in [7, 11) is 3.49. The van der Waals surface area contributed by atoms with Crippen LogP contribution in [0.1, 0.15) is 33.1 Å². The number of unbranched alkanes of at least 4 members (excludes halogenated alkanes) is 1. The standard InChI is InChI=1S/C15H23N3O3/c1-10(19)8-6-7-9-18-14(20)11(2)12(16-3)13(15(18)21)17(4)5/h11H,3,6-9H2,1-2,4-5H3. The number of Topliss-reactive ketones (excluding diaryl/α,β-unsaturated/α-hetero) is 1. The SMILES string of the molecule is C=NC1=C(N(C)C)C(=O)N(CCCCC(C)=O)C(=O)C1C. The van der Waals surface area contributed by atoms with E-state index in [9.17, 15) is 14.4 Å². The lowest BCUT2D eigenvalue weighted by molar-refractivity contribution is -0.146. The molecule has 0 bridgehead atoms. The summed E-state index contributed by atoms with van der Waals surface area (Å²) in [6.45, 7) is 7.05. The molecule has 0 fully saturated rings. The van der Waals surface area contributed by atoms with E-state index in [-0.39, 0.29) is 17.6 Å². The van der Waals surface area contributed by atoms with Gasteiger partial charge in [-0.25, -0.2) is 0 Å². The van der Waals surface area contributed by atoms with Crippen LogP contribution < -0.4 is 0 Å². The topological polar surface area (TPSA) is 70.1 Å². The van der Waals surface area contributed by atoms with Crippen molar-refractivity contribution in [1.82, 2.24) is 9.80 Å². The molecule has 0 aromatic carbocycles. The van der Waals surface area contributed by atoms with Crippen LogP contribution in [0.25, 0.3) is 0 Å². The zero-order valence-electron chi connectivity index (χ0n) is 13.2. The van der Waals surface area contributed by atoms with Gasteiger partial charge < -0.3 is 9.69 Å². The van der Waals surface area contributed by atoms with Crippen molar-refractivity contribution in [3.05, 3.63) is 11.4 Å². The van der Waals surface area contributed by atoms with Gasteiger partial charge in [-0.2, -0.15) is 0 Å². The summed E-state index contributed by atoms with van der Waals surface area (Å²) in [5.74, 6) is -0.957. The Kier molecular flexibility index (Phi) is 5.81. The summed E-state index contributed by atoms with van der Waals surface area (Å²) in [5, 5.41) is 0. The van der Waals surface area contributed by atoms with Gasteiger partial charge in [0.15, 0.2) is 0 Å². The number of carbonyl (C=O) groups is 3. The molecule has 0 aliphatic carbocycles. The van der Waals surface area contributed by atoms with E-state index in [1.807, 2.05) is 0 Å². The van der Waals surface area contributed by atoms with E-state index in [1.54, 1.807) is 25.9 Å². The van der Waals surface area contributed by atoms with Gasteiger partial charge in [-0.05, 0) is 33.4 Å². The molecule has 0 spiro atoms. The summed E-state index contributed by atoms with van der Waals surface area (Å²) in [4.78, 5) is 42.5. The van der Waals surface area contributed by atoms with Crippen LogP contribution in [0.4, 0.5) is 0 Å². The third-order valence-corrected chi connectivity index (χ3v) is 3.52. The van der Waals surface area contributed by atoms with Gasteiger partial charge in [0, 0.05) is 27.1 Å². The minimum atomic E-state index is -0.481. The molecule has 1 atom stereocenters. The van der Waals surface area contributed by atoms with Gasteiger partial charge in [-0.1, -0.05) is 0 Å². The fourth-order valence-electron chi connectivity index (χ4n) is 2.38.